The molecule has 0 saturated carbocycles. The van der Waals surface area contributed by atoms with Gasteiger partial charge in [0.1, 0.15) is 0 Å². The molecule has 1 aromatic heterocycles. The van der Waals surface area contributed by atoms with Crippen LogP contribution in [0.1, 0.15) is 49.1 Å². The minimum Gasteiger partial charge on any atom is -0.333 e. The number of aliphatic imine (C=N–C) groups is 1. The van der Waals surface area contributed by atoms with E-state index in [-0.39, 0.29) is 11.5 Å². The molecule has 2 heterocycles. The molecule has 0 radical (unpaired) electrons. The Morgan fingerprint density at radius 1 is 0.723 bits per heavy atom. The Morgan fingerprint density at radius 3 is 2.17 bits per heavy atom. The van der Waals surface area contributed by atoms with Gasteiger partial charge in [-0.05, 0) is 70.3 Å². The van der Waals surface area contributed by atoms with Crippen LogP contribution in [0.5, 0.6) is 0 Å². The van der Waals surface area contributed by atoms with Gasteiger partial charge >= 0.3 is 0 Å². The monoisotopic (exact) mass is 608 g/mol. The maximum atomic E-state index is 5.57. The maximum absolute atomic E-state index is 5.57. The van der Waals surface area contributed by atoms with Crippen molar-refractivity contribution >= 4 is 44.0 Å². The average molecular weight is 609 g/mol. The molecule has 0 fully saturated rings. The summed E-state index contributed by atoms with van der Waals surface area (Å²) in [6.07, 6.45) is 3.18. The summed E-state index contributed by atoms with van der Waals surface area (Å²) >= 11 is 0. The number of nitrogens with zero attached hydrogens (tertiary/aromatic N) is 2. The van der Waals surface area contributed by atoms with E-state index in [4.69, 9.17) is 4.99 Å². The largest absolute Gasteiger partial charge is 0.333 e. The van der Waals surface area contributed by atoms with E-state index in [1.54, 1.807) is 0 Å². The molecule has 8 rings (SSSR count). The van der Waals surface area contributed by atoms with E-state index in [1.165, 1.54) is 49.3 Å². The Labute approximate surface area is 277 Å². The van der Waals surface area contributed by atoms with Crippen molar-refractivity contribution in [2.45, 2.75) is 38.6 Å². The molecular weight excluding hydrogens is 569 g/mol. The van der Waals surface area contributed by atoms with Crippen LogP contribution in [0, 0.1) is 11.8 Å². The van der Waals surface area contributed by atoms with E-state index >= 15 is 0 Å². The van der Waals surface area contributed by atoms with Crippen molar-refractivity contribution in [3.8, 4) is 0 Å². The van der Waals surface area contributed by atoms with Crippen molar-refractivity contribution in [1.82, 2.24) is 4.57 Å². The summed E-state index contributed by atoms with van der Waals surface area (Å²) in [6, 6.07) is 50.8. The topological polar surface area (TPSA) is 17.3 Å². The first kappa shape index (κ1) is 29.2. The van der Waals surface area contributed by atoms with E-state index < -0.39 is 0 Å². The number of allylic oxidation sites excluding steroid dienone is 1. The summed E-state index contributed by atoms with van der Waals surface area (Å²) in [5, 5.41) is 5.07. The van der Waals surface area contributed by atoms with Crippen molar-refractivity contribution < 1.29 is 0 Å². The Hall–Kier alpha value is -5.21. The third-order valence-electron chi connectivity index (χ3n) is 10.8. The van der Waals surface area contributed by atoms with Crippen LogP contribution in [-0.2, 0) is 11.8 Å². The van der Waals surface area contributed by atoms with Gasteiger partial charge in [-0.2, -0.15) is 0 Å². The zero-order valence-electron chi connectivity index (χ0n) is 27.4. The second-order valence-corrected chi connectivity index (χ2v) is 13.5. The molecular formula is C45H40N2. The Morgan fingerprint density at radius 2 is 1.40 bits per heavy atom. The highest BCUT2D eigenvalue weighted by molar-refractivity contribution is 6.22. The molecule has 2 nitrogen and oxygen atoms in total. The van der Waals surface area contributed by atoms with Crippen LogP contribution < -0.4 is 0 Å². The SMILES string of the molecule is C=CC([C@@H](C)C(C)Cc1ccc2ccccc2c1)n1c2ccccc2c2c3c(ccc21)C(C)(c1ccccc1)C(c1ccccc1)=N3. The standard InChI is InChI=1S/C45H40N2/c1-5-39(31(3)30(2)28-32-24-25-33-16-12-13-19-35(33)29-32)47-40-23-15-14-22-37(40)42-41(47)27-26-38-43(42)46-44(34-17-8-6-9-18-34)45(38,4)36-20-10-7-11-21-36/h5-27,29-31,39H,1,28H2,2-4H3/t30?,31-,39?,45?/m0/s1. The predicted molar refractivity (Wildman–Crippen MR) is 200 cm³/mol. The molecule has 0 N–H and O–H groups in total. The summed E-state index contributed by atoms with van der Waals surface area (Å²) in [5.41, 5.74) is 9.30. The second-order valence-electron chi connectivity index (χ2n) is 13.5. The molecule has 230 valence electrons. The lowest BCUT2D eigenvalue weighted by Gasteiger charge is -2.30. The fraction of sp³-hybridized carbons (Fsp3) is 0.178. The molecule has 0 amide bonds. The van der Waals surface area contributed by atoms with Crippen LogP contribution in [-0.4, -0.2) is 10.3 Å². The zero-order chi connectivity index (χ0) is 32.1. The number of hydrogen-bond acceptors (Lipinski definition) is 1. The van der Waals surface area contributed by atoms with Gasteiger partial charge in [0.05, 0.1) is 28.4 Å². The number of fused-ring (bicyclic) bond motifs is 6. The van der Waals surface area contributed by atoms with Crippen molar-refractivity contribution in [2.24, 2.45) is 16.8 Å². The first-order valence-electron chi connectivity index (χ1n) is 16.9. The first-order chi connectivity index (χ1) is 23.0. The summed E-state index contributed by atoms with van der Waals surface area (Å²) in [6.45, 7) is 11.5. The number of benzene rings is 6. The Balaban J connectivity index is 1.28. The lowest BCUT2D eigenvalue weighted by molar-refractivity contribution is 0.310. The maximum Gasteiger partial charge on any atom is 0.0778 e. The molecule has 0 spiro atoms. The van der Waals surface area contributed by atoms with Gasteiger partial charge in [0.15, 0.2) is 0 Å². The highest BCUT2D eigenvalue weighted by Gasteiger charge is 2.43. The molecule has 0 bridgehead atoms. The predicted octanol–water partition coefficient (Wildman–Crippen LogP) is 11.6. The highest BCUT2D eigenvalue weighted by Crippen LogP contribution is 2.52. The van der Waals surface area contributed by atoms with Crippen molar-refractivity contribution in [3.63, 3.8) is 0 Å². The van der Waals surface area contributed by atoms with Crippen LogP contribution in [0.15, 0.2) is 157 Å². The van der Waals surface area contributed by atoms with Gasteiger partial charge in [0.25, 0.3) is 0 Å². The van der Waals surface area contributed by atoms with Gasteiger partial charge in [-0.1, -0.05) is 147 Å². The van der Waals surface area contributed by atoms with Gasteiger partial charge in [0.2, 0.25) is 0 Å². The molecule has 1 aliphatic rings. The van der Waals surface area contributed by atoms with E-state index in [1.807, 2.05) is 0 Å². The van der Waals surface area contributed by atoms with Crippen molar-refractivity contribution in [3.05, 3.63) is 174 Å². The number of hydrogen-bond donors (Lipinski definition) is 0. The minimum absolute atomic E-state index is 0.116. The molecule has 47 heavy (non-hydrogen) atoms. The van der Waals surface area contributed by atoms with Crippen LogP contribution in [0.2, 0.25) is 0 Å². The van der Waals surface area contributed by atoms with Crippen LogP contribution in [0.3, 0.4) is 0 Å². The smallest absolute Gasteiger partial charge is 0.0778 e. The third kappa shape index (κ3) is 4.66. The van der Waals surface area contributed by atoms with Gasteiger partial charge < -0.3 is 4.57 Å². The fourth-order valence-corrected chi connectivity index (χ4v) is 8.09. The Kier molecular flexibility index (Phi) is 7.18. The summed E-state index contributed by atoms with van der Waals surface area (Å²) in [4.78, 5) is 5.57. The molecule has 6 aromatic carbocycles. The second kappa shape index (κ2) is 11.5. The van der Waals surface area contributed by atoms with E-state index in [0.29, 0.717) is 11.8 Å². The minimum atomic E-state index is -0.380. The molecule has 7 aromatic rings. The summed E-state index contributed by atoms with van der Waals surface area (Å²) in [7, 11) is 0. The van der Waals surface area contributed by atoms with Gasteiger partial charge in [-0.15, -0.1) is 6.58 Å². The number of aromatic nitrogens is 1. The van der Waals surface area contributed by atoms with E-state index in [0.717, 1.165) is 23.4 Å². The first-order valence-corrected chi connectivity index (χ1v) is 16.9. The van der Waals surface area contributed by atoms with Crippen LogP contribution in [0.4, 0.5) is 5.69 Å². The van der Waals surface area contributed by atoms with Gasteiger partial charge in [-0.3, -0.25) is 4.99 Å². The lowest BCUT2D eigenvalue weighted by Crippen LogP contribution is -2.31. The molecule has 3 unspecified atom stereocenters. The zero-order valence-corrected chi connectivity index (χ0v) is 27.4. The quantitative estimate of drug-likeness (QED) is 0.153. The average Bonchev–Trinajstić information content (AvgIpc) is 3.62. The third-order valence-corrected chi connectivity index (χ3v) is 10.8. The van der Waals surface area contributed by atoms with Crippen molar-refractivity contribution in [1.29, 1.82) is 0 Å². The van der Waals surface area contributed by atoms with Crippen LogP contribution in [0.25, 0.3) is 32.6 Å². The van der Waals surface area contributed by atoms with Gasteiger partial charge in [-0.25, -0.2) is 0 Å². The summed E-state index contributed by atoms with van der Waals surface area (Å²) in [5.74, 6) is 0.790. The molecule has 2 heteroatoms. The van der Waals surface area contributed by atoms with E-state index in [9.17, 15) is 0 Å². The van der Waals surface area contributed by atoms with Crippen LogP contribution >= 0.6 is 0 Å². The molecule has 0 aliphatic carbocycles. The highest BCUT2D eigenvalue weighted by atomic mass is 15.0. The Bertz CT molecular complexity index is 2290. The van der Waals surface area contributed by atoms with Crippen molar-refractivity contribution in [2.75, 3.05) is 0 Å². The molecule has 4 atom stereocenters. The summed E-state index contributed by atoms with van der Waals surface area (Å²) < 4.78 is 2.54. The number of para-hydroxylation sites is 1. The normalized spacial score (nSPS) is 17.8. The number of rotatable bonds is 8. The molecule has 1 aliphatic heterocycles. The fourth-order valence-electron chi connectivity index (χ4n) is 8.09. The van der Waals surface area contributed by atoms with E-state index in [2.05, 4.69) is 178 Å². The lowest BCUT2D eigenvalue weighted by atomic mass is 9.71. The molecule has 0 saturated heterocycles. The van der Waals surface area contributed by atoms with Gasteiger partial charge in [0, 0.05) is 16.3 Å².